The predicted molar refractivity (Wildman–Crippen MR) is 96.7 cm³/mol. The molecule has 0 bridgehead atoms. The molecule has 22 heavy (non-hydrogen) atoms. The Balaban J connectivity index is 2.21. The van der Waals surface area contributed by atoms with Crippen molar-refractivity contribution >= 4 is 32.6 Å². The normalized spacial score (nSPS) is 11.7. The van der Waals surface area contributed by atoms with Gasteiger partial charge in [0.2, 0.25) is 0 Å². The lowest BCUT2D eigenvalue weighted by molar-refractivity contribution is 0.801. The molecule has 1 aromatic heterocycles. The van der Waals surface area contributed by atoms with Crippen LogP contribution in [0.2, 0.25) is 0 Å². The molecular formula is C21H21N. The van der Waals surface area contributed by atoms with Crippen LogP contribution in [0.25, 0.3) is 32.6 Å². The Kier molecular flexibility index (Phi) is 3.15. The van der Waals surface area contributed by atoms with Gasteiger partial charge < -0.3 is 4.98 Å². The first-order chi connectivity index (χ1) is 10.8. The molecule has 0 spiro atoms. The van der Waals surface area contributed by atoms with Crippen LogP contribution >= 0.6 is 0 Å². The lowest BCUT2D eigenvalue weighted by Crippen LogP contribution is -1.92. The maximum absolute atomic E-state index is 3.69. The fourth-order valence-corrected chi connectivity index (χ4v) is 3.71. The Morgan fingerprint density at radius 2 is 1.55 bits per heavy atom. The molecule has 0 saturated heterocycles. The van der Waals surface area contributed by atoms with Crippen LogP contribution in [0.1, 0.15) is 30.9 Å². The molecule has 0 amide bonds. The zero-order valence-electron chi connectivity index (χ0n) is 13.2. The van der Waals surface area contributed by atoms with Crippen LogP contribution in [0.15, 0.2) is 48.5 Å². The number of hydrogen-bond acceptors (Lipinski definition) is 0. The summed E-state index contributed by atoms with van der Waals surface area (Å²) in [7, 11) is 0. The number of para-hydroxylation sites is 1. The SMILES string of the molecule is CCCCc1c2ccccc2c(C)c2c1[nH]c1ccccc12. The van der Waals surface area contributed by atoms with E-state index in [0.717, 1.165) is 6.42 Å². The van der Waals surface area contributed by atoms with Gasteiger partial charge >= 0.3 is 0 Å². The third-order valence-electron chi connectivity index (χ3n) is 4.82. The molecular weight excluding hydrogens is 266 g/mol. The number of fused-ring (bicyclic) bond motifs is 4. The average Bonchev–Trinajstić information content (AvgIpc) is 2.94. The monoisotopic (exact) mass is 287 g/mol. The lowest BCUT2D eigenvalue weighted by atomic mass is 9.92. The Bertz CT molecular complexity index is 975. The van der Waals surface area contributed by atoms with E-state index in [-0.39, 0.29) is 0 Å². The van der Waals surface area contributed by atoms with Crippen molar-refractivity contribution < 1.29 is 0 Å². The van der Waals surface area contributed by atoms with Gasteiger partial charge in [0.15, 0.2) is 0 Å². The molecule has 3 aromatic carbocycles. The van der Waals surface area contributed by atoms with Crippen molar-refractivity contribution in [3.63, 3.8) is 0 Å². The molecule has 0 aliphatic rings. The summed E-state index contributed by atoms with van der Waals surface area (Å²) in [6, 6.07) is 17.5. The summed E-state index contributed by atoms with van der Waals surface area (Å²) < 4.78 is 0. The highest BCUT2D eigenvalue weighted by Crippen LogP contribution is 2.37. The maximum atomic E-state index is 3.69. The molecule has 1 nitrogen and oxygen atoms in total. The van der Waals surface area contributed by atoms with E-state index in [1.807, 2.05) is 0 Å². The maximum Gasteiger partial charge on any atom is 0.0506 e. The number of benzene rings is 3. The molecule has 0 saturated carbocycles. The summed E-state index contributed by atoms with van der Waals surface area (Å²) in [6.07, 6.45) is 3.60. The lowest BCUT2D eigenvalue weighted by Gasteiger charge is -2.12. The van der Waals surface area contributed by atoms with Crippen LogP contribution in [0.5, 0.6) is 0 Å². The Hall–Kier alpha value is -2.28. The summed E-state index contributed by atoms with van der Waals surface area (Å²) in [5.74, 6) is 0. The largest absolute Gasteiger partial charge is 0.354 e. The first kappa shape index (κ1) is 13.4. The number of H-pyrrole nitrogens is 1. The van der Waals surface area contributed by atoms with Crippen molar-refractivity contribution in [2.75, 3.05) is 0 Å². The minimum atomic E-state index is 1.14. The molecule has 4 aromatic rings. The van der Waals surface area contributed by atoms with Crippen LogP contribution in [0.3, 0.4) is 0 Å². The molecule has 0 atom stereocenters. The van der Waals surface area contributed by atoms with Crippen molar-refractivity contribution in [1.82, 2.24) is 4.98 Å². The smallest absolute Gasteiger partial charge is 0.0506 e. The molecule has 0 fully saturated rings. The average molecular weight is 287 g/mol. The number of aromatic nitrogens is 1. The molecule has 1 heteroatoms. The van der Waals surface area contributed by atoms with Crippen LogP contribution in [-0.4, -0.2) is 4.98 Å². The highest BCUT2D eigenvalue weighted by Gasteiger charge is 2.15. The number of nitrogens with one attached hydrogen (secondary N) is 1. The molecule has 0 radical (unpaired) electrons. The van der Waals surface area contributed by atoms with Crippen molar-refractivity contribution in [2.24, 2.45) is 0 Å². The highest BCUT2D eigenvalue weighted by atomic mass is 14.7. The van der Waals surface area contributed by atoms with Crippen molar-refractivity contribution in [2.45, 2.75) is 33.1 Å². The van der Waals surface area contributed by atoms with Gasteiger partial charge in [-0.25, -0.2) is 0 Å². The standard InChI is InChI=1S/C21H21N/c1-3-4-9-17-16-11-6-5-10-15(16)14(2)20-18-12-7-8-13-19(18)22-21(17)20/h5-8,10-13,22H,3-4,9H2,1-2H3. The van der Waals surface area contributed by atoms with E-state index in [0.29, 0.717) is 0 Å². The molecule has 110 valence electrons. The summed E-state index contributed by atoms with van der Waals surface area (Å²) in [5, 5.41) is 5.55. The zero-order valence-corrected chi connectivity index (χ0v) is 13.2. The van der Waals surface area contributed by atoms with Crippen molar-refractivity contribution in [3.05, 3.63) is 59.7 Å². The Morgan fingerprint density at radius 1 is 0.864 bits per heavy atom. The molecule has 4 rings (SSSR count). The van der Waals surface area contributed by atoms with Crippen molar-refractivity contribution in [1.29, 1.82) is 0 Å². The molecule has 0 aliphatic heterocycles. The minimum absolute atomic E-state index is 1.14. The van der Waals surface area contributed by atoms with Crippen molar-refractivity contribution in [3.8, 4) is 0 Å². The number of rotatable bonds is 3. The number of unbranched alkanes of at least 4 members (excludes halogenated alkanes) is 1. The topological polar surface area (TPSA) is 15.8 Å². The van der Waals surface area contributed by atoms with E-state index in [1.54, 1.807) is 0 Å². The molecule has 0 unspecified atom stereocenters. The van der Waals surface area contributed by atoms with E-state index < -0.39 is 0 Å². The quantitative estimate of drug-likeness (QED) is 0.467. The van der Waals surface area contributed by atoms with E-state index in [4.69, 9.17) is 0 Å². The van der Waals surface area contributed by atoms with Gasteiger partial charge in [-0.05, 0) is 47.7 Å². The zero-order chi connectivity index (χ0) is 15.1. The van der Waals surface area contributed by atoms with Gasteiger partial charge in [0.25, 0.3) is 0 Å². The first-order valence-corrected chi connectivity index (χ1v) is 8.22. The highest BCUT2D eigenvalue weighted by molar-refractivity contribution is 6.16. The van der Waals surface area contributed by atoms with Gasteiger partial charge in [-0.3, -0.25) is 0 Å². The summed E-state index contributed by atoms with van der Waals surface area (Å²) in [5.41, 5.74) is 5.46. The van der Waals surface area contributed by atoms with Gasteiger partial charge in [-0.15, -0.1) is 0 Å². The summed E-state index contributed by atoms with van der Waals surface area (Å²) in [4.78, 5) is 3.69. The third-order valence-corrected chi connectivity index (χ3v) is 4.82. The number of hydrogen-bond donors (Lipinski definition) is 1. The molecule has 0 aliphatic carbocycles. The molecule has 1 heterocycles. The third kappa shape index (κ3) is 1.85. The Labute approximate surface area is 131 Å². The predicted octanol–water partition coefficient (Wildman–Crippen LogP) is 6.13. The second-order valence-corrected chi connectivity index (χ2v) is 6.17. The fourth-order valence-electron chi connectivity index (χ4n) is 3.71. The van der Waals surface area contributed by atoms with Crippen LogP contribution in [0, 0.1) is 6.92 Å². The second kappa shape index (κ2) is 5.17. The minimum Gasteiger partial charge on any atom is -0.354 e. The second-order valence-electron chi connectivity index (χ2n) is 6.17. The van der Waals surface area contributed by atoms with Gasteiger partial charge in [-0.1, -0.05) is 55.8 Å². The summed E-state index contributed by atoms with van der Waals surface area (Å²) in [6.45, 7) is 4.52. The Morgan fingerprint density at radius 3 is 2.32 bits per heavy atom. The number of aromatic amines is 1. The summed E-state index contributed by atoms with van der Waals surface area (Å²) >= 11 is 0. The molecule has 1 N–H and O–H groups in total. The number of aryl methyl sites for hydroxylation is 2. The van der Waals surface area contributed by atoms with Gasteiger partial charge in [0, 0.05) is 16.3 Å². The van der Waals surface area contributed by atoms with E-state index in [2.05, 4.69) is 67.4 Å². The van der Waals surface area contributed by atoms with E-state index >= 15 is 0 Å². The van der Waals surface area contributed by atoms with Gasteiger partial charge in [-0.2, -0.15) is 0 Å². The van der Waals surface area contributed by atoms with E-state index in [1.165, 1.54) is 56.5 Å². The van der Waals surface area contributed by atoms with E-state index in [9.17, 15) is 0 Å². The van der Waals surface area contributed by atoms with Crippen LogP contribution < -0.4 is 0 Å². The van der Waals surface area contributed by atoms with Gasteiger partial charge in [0.1, 0.15) is 0 Å². The van der Waals surface area contributed by atoms with Gasteiger partial charge in [0.05, 0.1) is 5.52 Å². The fraction of sp³-hybridized carbons (Fsp3) is 0.238. The first-order valence-electron chi connectivity index (χ1n) is 8.22. The van der Waals surface area contributed by atoms with Crippen LogP contribution in [-0.2, 0) is 6.42 Å². The van der Waals surface area contributed by atoms with Crippen LogP contribution in [0.4, 0.5) is 0 Å².